The average molecular weight is 271 g/mol. The predicted molar refractivity (Wildman–Crippen MR) is 74.1 cm³/mol. The highest BCUT2D eigenvalue weighted by Crippen LogP contribution is 2.26. The molecule has 0 unspecified atom stereocenters. The number of hydrogen-bond acceptors (Lipinski definition) is 1. The summed E-state index contributed by atoms with van der Waals surface area (Å²) in [5.74, 6) is -0.0454. The van der Waals surface area contributed by atoms with Gasteiger partial charge in [-0.05, 0) is 36.1 Å². The molecule has 0 aliphatic carbocycles. The second kappa shape index (κ2) is 5.24. The van der Waals surface area contributed by atoms with Crippen molar-refractivity contribution in [3.63, 3.8) is 0 Å². The van der Waals surface area contributed by atoms with Crippen molar-refractivity contribution in [1.82, 2.24) is 0 Å². The van der Waals surface area contributed by atoms with E-state index in [-0.39, 0.29) is 11.2 Å². The fourth-order valence-corrected chi connectivity index (χ4v) is 1.71. The third kappa shape index (κ3) is 4.18. The minimum absolute atomic E-state index is 0.0141. The van der Waals surface area contributed by atoms with Crippen LogP contribution in [0.2, 0.25) is 10.0 Å². The van der Waals surface area contributed by atoms with E-state index in [1.165, 1.54) is 0 Å². The minimum atomic E-state index is -0.0454. The van der Waals surface area contributed by atoms with Gasteiger partial charge in [0.2, 0.25) is 0 Å². The molecule has 0 heterocycles. The molecule has 0 bridgehead atoms. The molecule has 3 heteroatoms. The lowest BCUT2D eigenvalue weighted by Crippen LogP contribution is -2.03. The van der Waals surface area contributed by atoms with Crippen LogP contribution in [0.15, 0.2) is 24.3 Å². The van der Waals surface area contributed by atoms with Gasteiger partial charge in [-0.1, -0.05) is 50.0 Å². The van der Waals surface area contributed by atoms with Crippen LogP contribution in [0.5, 0.6) is 0 Å². The van der Waals surface area contributed by atoms with Crippen molar-refractivity contribution in [1.29, 1.82) is 0 Å². The molecule has 92 valence electrons. The Bertz CT molecular complexity index is 468. The van der Waals surface area contributed by atoms with Crippen LogP contribution in [0.1, 0.15) is 36.7 Å². The van der Waals surface area contributed by atoms with Gasteiger partial charge in [-0.25, -0.2) is 0 Å². The fraction of sp³-hybridized carbons (Fsp3) is 0.357. The largest absolute Gasteiger partial charge is 0.289 e. The van der Waals surface area contributed by atoms with Crippen molar-refractivity contribution in [2.24, 2.45) is 5.41 Å². The van der Waals surface area contributed by atoms with Crippen molar-refractivity contribution in [2.45, 2.75) is 27.7 Å². The molecule has 1 rings (SSSR count). The minimum Gasteiger partial charge on any atom is -0.289 e. The molecule has 0 atom stereocenters. The first-order valence-corrected chi connectivity index (χ1v) is 6.15. The van der Waals surface area contributed by atoms with Gasteiger partial charge in [0.05, 0.1) is 10.0 Å². The van der Waals surface area contributed by atoms with Crippen LogP contribution in [-0.2, 0) is 0 Å². The number of ketones is 1. The first kappa shape index (κ1) is 14.3. The van der Waals surface area contributed by atoms with Crippen molar-refractivity contribution in [3.05, 3.63) is 45.5 Å². The maximum absolute atomic E-state index is 12.0. The molecule has 0 aromatic heterocycles. The Balaban J connectivity index is 3.06. The van der Waals surface area contributed by atoms with Crippen LogP contribution in [0.4, 0.5) is 0 Å². The number of aryl methyl sites for hydroxylation is 1. The summed E-state index contributed by atoms with van der Waals surface area (Å²) in [6, 6.07) is 3.33. The summed E-state index contributed by atoms with van der Waals surface area (Å²) >= 11 is 11.8. The van der Waals surface area contributed by atoms with E-state index in [2.05, 4.69) is 0 Å². The van der Waals surface area contributed by atoms with Crippen LogP contribution < -0.4 is 0 Å². The average Bonchev–Trinajstić information content (AvgIpc) is 2.19. The Morgan fingerprint density at radius 3 is 2.24 bits per heavy atom. The fourth-order valence-electron chi connectivity index (χ4n) is 1.33. The van der Waals surface area contributed by atoms with Crippen LogP contribution in [0.25, 0.3) is 0 Å². The van der Waals surface area contributed by atoms with Gasteiger partial charge < -0.3 is 0 Å². The van der Waals surface area contributed by atoms with Crippen LogP contribution in [-0.4, -0.2) is 5.78 Å². The Kier molecular flexibility index (Phi) is 4.40. The molecular weight excluding hydrogens is 255 g/mol. The number of hydrogen-bond donors (Lipinski definition) is 0. The zero-order valence-corrected chi connectivity index (χ0v) is 12.0. The lowest BCUT2D eigenvalue weighted by atomic mass is 9.94. The molecule has 0 amide bonds. The predicted octanol–water partition coefficient (Wildman–Crippen LogP) is 5.09. The lowest BCUT2D eigenvalue weighted by molar-refractivity contribution is 0.104. The second-order valence-electron chi connectivity index (χ2n) is 5.14. The van der Waals surface area contributed by atoms with Gasteiger partial charge in [0, 0.05) is 5.56 Å². The van der Waals surface area contributed by atoms with Gasteiger partial charge in [0.1, 0.15) is 0 Å². The Morgan fingerprint density at radius 2 is 1.71 bits per heavy atom. The van der Waals surface area contributed by atoms with Gasteiger partial charge in [0.25, 0.3) is 0 Å². The number of halogens is 2. The summed E-state index contributed by atoms with van der Waals surface area (Å²) in [5, 5.41) is 0.880. The molecule has 0 N–H and O–H groups in total. The highest BCUT2D eigenvalue weighted by atomic mass is 35.5. The number of allylic oxidation sites excluding steroid dienone is 2. The molecule has 0 saturated carbocycles. The first-order chi connectivity index (χ1) is 7.70. The summed E-state index contributed by atoms with van der Waals surface area (Å²) in [6.45, 7) is 7.97. The van der Waals surface area contributed by atoms with Crippen LogP contribution in [0.3, 0.4) is 0 Å². The Morgan fingerprint density at radius 1 is 1.18 bits per heavy atom. The van der Waals surface area contributed by atoms with E-state index in [9.17, 15) is 4.79 Å². The highest BCUT2D eigenvalue weighted by molar-refractivity contribution is 6.42. The lowest BCUT2D eigenvalue weighted by Gasteiger charge is -2.11. The number of benzene rings is 1. The molecule has 0 radical (unpaired) electrons. The van der Waals surface area contributed by atoms with Gasteiger partial charge in [0.15, 0.2) is 5.78 Å². The molecule has 0 fully saturated rings. The zero-order valence-electron chi connectivity index (χ0n) is 10.5. The van der Waals surface area contributed by atoms with E-state index in [1.807, 2.05) is 33.8 Å². The third-order valence-corrected chi connectivity index (χ3v) is 2.99. The maximum atomic E-state index is 12.0. The first-order valence-electron chi connectivity index (χ1n) is 5.40. The SMILES string of the molecule is Cc1cc(Cl)c(Cl)cc1C(=O)C=CC(C)(C)C. The molecular formula is C14H16Cl2O. The zero-order chi connectivity index (χ0) is 13.2. The van der Waals surface area contributed by atoms with Crippen molar-refractivity contribution in [3.8, 4) is 0 Å². The molecule has 1 aromatic carbocycles. The number of rotatable bonds is 2. The van der Waals surface area contributed by atoms with E-state index in [0.29, 0.717) is 15.6 Å². The topological polar surface area (TPSA) is 17.1 Å². The van der Waals surface area contributed by atoms with Crippen LogP contribution >= 0.6 is 23.2 Å². The van der Waals surface area contributed by atoms with Crippen molar-refractivity contribution >= 4 is 29.0 Å². The Hall–Kier alpha value is -0.790. The van der Waals surface area contributed by atoms with Crippen molar-refractivity contribution in [2.75, 3.05) is 0 Å². The smallest absolute Gasteiger partial charge is 0.185 e. The maximum Gasteiger partial charge on any atom is 0.185 e. The molecule has 0 aliphatic heterocycles. The Labute approximate surface area is 112 Å². The summed E-state index contributed by atoms with van der Waals surface area (Å²) in [4.78, 5) is 12.0. The summed E-state index contributed by atoms with van der Waals surface area (Å²) in [7, 11) is 0. The third-order valence-electron chi connectivity index (χ3n) is 2.27. The van der Waals surface area contributed by atoms with Gasteiger partial charge in [-0.15, -0.1) is 0 Å². The van der Waals surface area contributed by atoms with Crippen LogP contribution in [0, 0.1) is 12.3 Å². The summed E-state index contributed by atoms with van der Waals surface area (Å²) < 4.78 is 0. The van der Waals surface area contributed by atoms with Crippen molar-refractivity contribution < 1.29 is 4.79 Å². The molecule has 1 aromatic rings. The quantitative estimate of drug-likeness (QED) is 0.541. The second-order valence-corrected chi connectivity index (χ2v) is 5.96. The molecule has 0 saturated heterocycles. The number of carbonyl (C=O) groups is 1. The summed E-state index contributed by atoms with van der Waals surface area (Å²) in [6.07, 6.45) is 3.48. The van der Waals surface area contributed by atoms with E-state index in [0.717, 1.165) is 5.56 Å². The highest BCUT2D eigenvalue weighted by Gasteiger charge is 2.11. The normalized spacial score (nSPS) is 12.1. The van der Waals surface area contributed by atoms with Gasteiger partial charge in [-0.2, -0.15) is 0 Å². The van der Waals surface area contributed by atoms with E-state index >= 15 is 0 Å². The van der Waals surface area contributed by atoms with Gasteiger partial charge in [-0.3, -0.25) is 4.79 Å². The molecule has 0 spiro atoms. The van der Waals surface area contributed by atoms with E-state index in [4.69, 9.17) is 23.2 Å². The van der Waals surface area contributed by atoms with Gasteiger partial charge >= 0.3 is 0 Å². The number of carbonyl (C=O) groups excluding carboxylic acids is 1. The summed E-state index contributed by atoms with van der Waals surface area (Å²) in [5.41, 5.74) is 1.42. The van der Waals surface area contributed by atoms with E-state index in [1.54, 1.807) is 18.2 Å². The monoisotopic (exact) mass is 270 g/mol. The molecule has 1 nitrogen and oxygen atoms in total. The van der Waals surface area contributed by atoms with E-state index < -0.39 is 0 Å². The molecule has 17 heavy (non-hydrogen) atoms. The molecule has 0 aliphatic rings. The standard InChI is InChI=1S/C14H16Cl2O/c1-9-7-11(15)12(16)8-10(9)13(17)5-6-14(2,3)4/h5-8H,1-4H3.